The van der Waals surface area contributed by atoms with Crippen LogP contribution < -0.4 is 14.2 Å². The van der Waals surface area contributed by atoms with E-state index in [1.807, 2.05) is 0 Å². The van der Waals surface area contributed by atoms with Gasteiger partial charge in [-0.2, -0.15) is 0 Å². The molecular weight excluding hydrogens is 370 g/mol. The van der Waals surface area contributed by atoms with E-state index in [4.69, 9.17) is 9.47 Å². The first-order chi connectivity index (χ1) is 10.5. The molecule has 118 valence electrons. The minimum Gasteiger partial charge on any atom is -0.493 e. The van der Waals surface area contributed by atoms with Crippen molar-refractivity contribution in [2.24, 2.45) is 0 Å². The van der Waals surface area contributed by atoms with Gasteiger partial charge >= 0.3 is 0 Å². The van der Waals surface area contributed by atoms with Gasteiger partial charge in [0.25, 0.3) is 0 Å². The Balaban J connectivity index is 2.15. The predicted molar refractivity (Wildman–Crippen MR) is 87.7 cm³/mol. The van der Waals surface area contributed by atoms with Crippen molar-refractivity contribution < 1.29 is 17.9 Å². The second-order valence-electron chi connectivity index (χ2n) is 4.47. The molecule has 2 aromatic carbocycles. The Labute approximate surface area is 138 Å². The highest BCUT2D eigenvalue weighted by atomic mass is 79.9. The van der Waals surface area contributed by atoms with Crippen molar-refractivity contribution in [3.8, 4) is 11.5 Å². The fourth-order valence-corrected chi connectivity index (χ4v) is 3.50. The van der Waals surface area contributed by atoms with Crippen molar-refractivity contribution in [3.63, 3.8) is 0 Å². The zero-order valence-electron chi connectivity index (χ0n) is 12.2. The van der Waals surface area contributed by atoms with Gasteiger partial charge in [0.15, 0.2) is 11.5 Å². The van der Waals surface area contributed by atoms with E-state index in [-0.39, 0.29) is 11.4 Å². The number of ether oxygens (including phenoxy) is 2. The maximum absolute atomic E-state index is 12.2. The third-order valence-corrected chi connectivity index (χ3v) is 4.91. The number of nitrogens with one attached hydrogen (secondary N) is 1. The highest BCUT2D eigenvalue weighted by molar-refractivity contribution is 9.10. The number of benzene rings is 2. The molecule has 0 spiro atoms. The number of halogens is 1. The fraction of sp³-hybridized carbons (Fsp3) is 0.200. The van der Waals surface area contributed by atoms with Gasteiger partial charge in [-0.3, -0.25) is 0 Å². The highest BCUT2D eigenvalue weighted by Crippen LogP contribution is 2.27. The Morgan fingerprint density at radius 3 is 2.41 bits per heavy atom. The van der Waals surface area contributed by atoms with E-state index in [2.05, 4.69) is 20.7 Å². The monoisotopic (exact) mass is 385 g/mol. The summed E-state index contributed by atoms with van der Waals surface area (Å²) in [5.41, 5.74) is 0.774. The van der Waals surface area contributed by atoms with Gasteiger partial charge in [-0.25, -0.2) is 13.1 Å². The van der Waals surface area contributed by atoms with E-state index in [0.717, 1.165) is 5.56 Å². The van der Waals surface area contributed by atoms with Crippen molar-refractivity contribution in [2.75, 3.05) is 14.2 Å². The first kappa shape index (κ1) is 16.8. The normalized spacial score (nSPS) is 11.2. The van der Waals surface area contributed by atoms with Crippen LogP contribution in [-0.2, 0) is 16.6 Å². The molecule has 0 aromatic heterocycles. The molecule has 0 radical (unpaired) electrons. The lowest BCUT2D eigenvalue weighted by Crippen LogP contribution is -2.23. The molecule has 2 rings (SSSR count). The molecule has 1 N–H and O–H groups in total. The lowest BCUT2D eigenvalue weighted by Gasteiger charge is -2.11. The van der Waals surface area contributed by atoms with Crippen LogP contribution in [0.4, 0.5) is 0 Å². The summed E-state index contributed by atoms with van der Waals surface area (Å²) < 4.78 is 38.1. The highest BCUT2D eigenvalue weighted by Gasteiger charge is 2.14. The van der Waals surface area contributed by atoms with Crippen molar-refractivity contribution in [3.05, 3.63) is 52.5 Å². The van der Waals surface area contributed by atoms with Crippen LogP contribution in [0.5, 0.6) is 11.5 Å². The molecule has 5 nitrogen and oxygen atoms in total. The van der Waals surface area contributed by atoms with Crippen LogP contribution in [-0.4, -0.2) is 22.6 Å². The summed E-state index contributed by atoms with van der Waals surface area (Å²) in [7, 11) is -0.484. The summed E-state index contributed by atoms with van der Waals surface area (Å²) in [6.07, 6.45) is 0. The summed E-state index contributed by atoms with van der Waals surface area (Å²) in [4.78, 5) is 0.211. The van der Waals surface area contributed by atoms with Gasteiger partial charge in [0, 0.05) is 11.0 Å². The van der Waals surface area contributed by atoms with Crippen LogP contribution in [0, 0.1) is 0 Å². The van der Waals surface area contributed by atoms with Crippen molar-refractivity contribution in [2.45, 2.75) is 11.4 Å². The molecule has 0 unspecified atom stereocenters. The number of rotatable bonds is 6. The Morgan fingerprint density at radius 1 is 1.05 bits per heavy atom. The summed E-state index contributed by atoms with van der Waals surface area (Å²) in [5.74, 6) is 1.16. The zero-order valence-corrected chi connectivity index (χ0v) is 14.6. The molecule has 22 heavy (non-hydrogen) atoms. The first-order valence-electron chi connectivity index (χ1n) is 6.42. The van der Waals surface area contributed by atoms with Crippen molar-refractivity contribution in [1.29, 1.82) is 0 Å². The third-order valence-electron chi connectivity index (χ3n) is 3.02. The lowest BCUT2D eigenvalue weighted by molar-refractivity contribution is 0.354. The summed E-state index contributed by atoms with van der Waals surface area (Å²) >= 11 is 3.26. The second kappa shape index (κ2) is 7.13. The number of methoxy groups -OCH3 is 2. The average Bonchev–Trinajstić information content (AvgIpc) is 2.52. The Morgan fingerprint density at radius 2 is 1.77 bits per heavy atom. The van der Waals surface area contributed by atoms with E-state index >= 15 is 0 Å². The lowest BCUT2D eigenvalue weighted by atomic mass is 10.2. The van der Waals surface area contributed by atoms with Gasteiger partial charge in [0.05, 0.1) is 19.1 Å². The Kier molecular flexibility index (Phi) is 5.44. The van der Waals surface area contributed by atoms with Crippen molar-refractivity contribution in [1.82, 2.24) is 4.72 Å². The topological polar surface area (TPSA) is 64.6 Å². The minimum absolute atomic E-state index is 0.162. The van der Waals surface area contributed by atoms with Gasteiger partial charge in [-0.05, 0) is 35.9 Å². The molecule has 0 bridgehead atoms. The van der Waals surface area contributed by atoms with E-state index in [9.17, 15) is 8.42 Å². The molecule has 0 amide bonds. The molecule has 0 atom stereocenters. The molecule has 0 heterocycles. The molecule has 0 aliphatic heterocycles. The van der Waals surface area contributed by atoms with Gasteiger partial charge in [0.1, 0.15) is 0 Å². The Hall–Kier alpha value is -1.57. The first-order valence-corrected chi connectivity index (χ1v) is 8.70. The number of hydrogen-bond donors (Lipinski definition) is 1. The van der Waals surface area contributed by atoms with E-state index in [0.29, 0.717) is 16.0 Å². The zero-order chi connectivity index (χ0) is 16.2. The smallest absolute Gasteiger partial charge is 0.240 e. The quantitative estimate of drug-likeness (QED) is 0.829. The van der Waals surface area contributed by atoms with Crippen LogP contribution in [0.1, 0.15) is 5.56 Å². The predicted octanol–water partition coefficient (Wildman–Crippen LogP) is 2.94. The van der Waals surface area contributed by atoms with E-state index < -0.39 is 10.0 Å². The van der Waals surface area contributed by atoms with E-state index in [1.165, 1.54) is 7.11 Å². The van der Waals surface area contributed by atoms with Gasteiger partial charge < -0.3 is 9.47 Å². The van der Waals surface area contributed by atoms with Crippen molar-refractivity contribution >= 4 is 26.0 Å². The molecule has 0 fully saturated rings. The van der Waals surface area contributed by atoms with Crippen LogP contribution in [0.15, 0.2) is 51.8 Å². The van der Waals surface area contributed by atoms with Gasteiger partial charge in [0.2, 0.25) is 10.0 Å². The standard InChI is InChI=1S/C15H16BrNO4S/c1-20-14-7-6-11(8-15(14)21-2)10-17-22(18,19)13-5-3-4-12(16)9-13/h3-9,17H,10H2,1-2H3. The summed E-state index contributed by atoms with van der Waals surface area (Å²) in [5, 5.41) is 0. The summed E-state index contributed by atoms with van der Waals surface area (Å²) in [6, 6.07) is 11.8. The van der Waals surface area contributed by atoms with Crippen LogP contribution >= 0.6 is 15.9 Å². The second-order valence-corrected chi connectivity index (χ2v) is 7.15. The van der Waals surface area contributed by atoms with Gasteiger partial charge in [-0.15, -0.1) is 0 Å². The molecule has 0 saturated carbocycles. The molecule has 0 aliphatic rings. The number of sulfonamides is 1. The number of hydrogen-bond acceptors (Lipinski definition) is 4. The van der Waals surface area contributed by atoms with Gasteiger partial charge in [-0.1, -0.05) is 28.1 Å². The van der Waals surface area contributed by atoms with Crippen LogP contribution in [0.2, 0.25) is 0 Å². The minimum atomic E-state index is -3.57. The molecular formula is C15H16BrNO4S. The van der Waals surface area contributed by atoms with Crippen LogP contribution in [0.3, 0.4) is 0 Å². The SMILES string of the molecule is COc1ccc(CNS(=O)(=O)c2cccc(Br)c2)cc1OC. The Bertz CT molecular complexity index is 762. The summed E-state index contributed by atoms with van der Waals surface area (Å²) in [6.45, 7) is 0.162. The average molecular weight is 386 g/mol. The largest absolute Gasteiger partial charge is 0.493 e. The molecule has 2 aromatic rings. The fourth-order valence-electron chi connectivity index (χ4n) is 1.89. The maximum Gasteiger partial charge on any atom is 0.240 e. The maximum atomic E-state index is 12.2. The molecule has 7 heteroatoms. The third kappa shape index (κ3) is 4.00. The van der Waals surface area contributed by atoms with E-state index in [1.54, 1.807) is 49.6 Å². The van der Waals surface area contributed by atoms with Crippen LogP contribution in [0.25, 0.3) is 0 Å². The molecule has 0 aliphatic carbocycles. The molecule has 0 saturated heterocycles.